The summed E-state index contributed by atoms with van der Waals surface area (Å²) in [5.41, 5.74) is 5.02. The van der Waals surface area contributed by atoms with E-state index in [0.717, 1.165) is 5.56 Å². The van der Waals surface area contributed by atoms with E-state index in [-0.39, 0.29) is 10.7 Å². The molecule has 28 heavy (non-hydrogen) atoms. The van der Waals surface area contributed by atoms with Gasteiger partial charge in [0.1, 0.15) is 13.0 Å². The second-order valence-corrected chi connectivity index (χ2v) is 13.7. The van der Waals surface area contributed by atoms with Crippen molar-refractivity contribution < 1.29 is 12.8 Å². The van der Waals surface area contributed by atoms with E-state index in [1.165, 1.54) is 24.5 Å². The number of pyridine rings is 1. The van der Waals surface area contributed by atoms with Crippen molar-refractivity contribution in [3.63, 3.8) is 0 Å². The number of H-pyrrole nitrogens is 1. The third-order valence-corrected chi connectivity index (χ3v) is 5.90. The van der Waals surface area contributed by atoms with Crippen LogP contribution < -0.4 is 4.72 Å². The van der Waals surface area contributed by atoms with Gasteiger partial charge in [-0.25, -0.2) is 17.8 Å². The maximum atomic E-state index is 14.3. The minimum Gasteiger partial charge on any atom is -0.360 e. The molecule has 2 N–H and O–H groups in total. The first kappa shape index (κ1) is 19.9. The summed E-state index contributed by atoms with van der Waals surface area (Å²) >= 11 is 0. The molecule has 3 rings (SSSR count). The van der Waals surface area contributed by atoms with E-state index in [2.05, 4.69) is 45.8 Å². The summed E-state index contributed by atoms with van der Waals surface area (Å²) in [6, 6.07) is 12.0. The number of sulfonamides is 1. The predicted octanol–water partition coefficient (Wildman–Crippen LogP) is 4.25. The molecule has 0 fully saturated rings. The predicted molar refractivity (Wildman–Crippen MR) is 111 cm³/mol. The van der Waals surface area contributed by atoms with E-state index >= 15 is 0 Å². The molecule has 0 atom stereocenters. The van der Waals surface area contributed by atoms with Crippen molar-refractivity contribution in [3.05, 3.63) is 66.2 Å². The quantitative estimate of drug-likeness (QED) is 0.496. The topological polar surface area (TPSA) is 74.8 Å². The molecule has 0 radical (unpaired) electrons. The van der Waals surface area contributed by atoms with Gasteiger partial charge < -0.3 is 4.98 Å². The Morgan fingerprint density at radius 1 is 1.14 bits per heavy atom. The maximum absolute atomic E-state index is 14.3. The fourth-order valence-corrected chi connectivity index (χ4v) is 3.87. The highest BCUT2D eigenvalue weighted by atomic mass is 32.2. The van der Waals surface area contributed by atoms with Crippen LogP contribution in [0.4, 0.5) is 10.2 Å². The minimum atomic E-state index is -3.98. The molecule has 1 aromatic carbocycles. The fourth-order valence-electron chi connectivity index (χ4n) is 2.34. The van der Waals surface area contributed by atoms with Gasteiger partial charge in [-0.15, -0.1) is 5.54 Å². The first-order chi connectivity index (χ1) is 13.1. The summed E-state index contributed by atoms with van der Waals surface area (Å²) in [6.45, 7) is 6.23. The number of aromatic nitrogens is 2. The highest BCUT2D eigenvalue weighted by Gasteiger charge is 2.19. The molecule has 0 aliphatic carbocycles. The van der Waals surface area contributed by atoms with Crippen molar-refractivity contribution in [1.82, 2.24) is 9.97 Å². The molecule has 0 saturated carbocycles. The lowest BCUT2D eigenvalue weighted by molar-refractivity contribution is 0.597. The summed E-state index contributed by atoms with van der Waals surface area (Å²) in [6.07, 6.45) is 2.72. The second kappa shape index (κ2) is 7.62. The van der Waals surface area contributed by atoms with Crippen LogP contribution in [-0.2, 0) is 10.0 Å². The van der Waals surface area contributed by atoms with Crippen LogP contribution in [-0.4, -0.2) is 26.5 Å². The average Bonchev–Trinajstić information content (AvgIpc) is 3.13. The lowest BCUT2D eigenvalue weighted by Gasteiger charge is -2.07. The van der Waals surface area contributed by atoms with Gasteiger partial charge in [0, 0.05) is 23.7 Å². The Balaban J connectivity index is 1.83. The number of benzene rings is 1. The SMILES string of the molecule is C[Si](C)(C)C#Cc1cnc(NS(=O)(=O)c2c[nH]c(-c3ccccc3)c2)c(F)c1. The van der Waals surface area contributed by atoms with E-state index in [4.69, 9.17) is 0 Å². The zero-order chi connectivity index (χ0) is 20.4. The Morgan fingerprint density at radius 3 is 2.50 bits per heavy atom. The lowest BCUT2D eigenvalue weighted by atomic mass is 10.2. The minimum absolute atomic E-state index is 0.00449. The number of aromatic amines is 1. The summed E-state index contributed by atoms with van der Waals surface area (Å²) in [7, 11) is -5.59. The van der Waals surface area contributed by atoms with Crippen LogP contribution in [0.1, 0.15) is 5.56 Å². The number of rotatable bonds is 4. The van der Waals surface area contributed by atoms with Gasteiger partial charge in [-0.1, -0.05) is 55.9 Å². The van der Waals surface area contributed by atoms with Crippen LogP contribution >= 0.6 is 0 Å². The summed E-state index contributed by atoms with van der Waals surface area (Å²) in [5.74, 6) is 1.76. The molecule has 0 amide bonds. The highest BCUT2D eigenvalue weighted by molar-refractivity contribution is 7.92. The van der Waals surface area contributed by atoms with Crippen molar-refractivity contribution in [3.8, 4) is 22.7 Å². The van der Waals surface area contributed by atoms with Gasteiger partial charge in [0.05, 0.1) is 0 Å². The first-order valence-electron chi connectivity index (χ1n) is 8.59. The summed E-state index contributed by atoms with van der Waals surface area (Å²) in [4.78, 5) is 6.81. The Hall–Kier alpha value is -2.89. The summed E-state index contributed by atoms with van der Waals surface area (Å²) < 4.78 is 41.7. The fraction of sp³-hybridized carbons (Fsp3) is 0.150. The molecule has 144 valence electrons. The van der Waals surface area contributed by atoms with Crippen molar-refractivity contribution in [1.29, 1.82) is 0 Å². The van der Waals surface area contributed by atoms with Crippen molar-refractivity contribution in [2.45, 2.75) is 24.5 Å². The third-order valence-electron chi connectivity index (χ3n) is 3.71. The van der Waals surface area contributed by atoms with Gasteiger partial charge in [0.2, 0.25) is 0 Å². The van der Waals surface area contributed by atoms with Crippen LogP contribution in [0.25, 0.3) is 11.3 Å². The first-order valence-corrected chi connectivity index (χ1v) is 13.6. The third kappa shape index (κ3) is 4.88. The average molecular weight is 414 g/mol. The molecular formula is C20H20FN3O2SSi. The number of nitrogens with zero attached hydrogens (tertiary/aromatic N) is 1. The Morgan fingerprint density at radius 2 is 1.86 bits per heavy atom. The Bertz CT molecular complexity index is 1160. The normalized spacial score (nSPS) is 11.6. The molecule has 8 heteroatoms. The van der Waals surface area contributed by atoms with Gasteiger partial charge in [-0.2, -0.15) is 0 Å². The van der Waals surface area contributed by atoms with Crippen LogP contribution in [0.5, 0.6) is 0 Å². The van der Waals surface area contributed by atoms with Crippen LogP contribution in [0, 0.1) is 17.3 Å². The van der Waals surface area contributed by atoms with E-state index in [1.807, 2.05) is 30.3 Å². The molecule has 0 aliphatic rings. The number of hydrogen-bond donors (Lipinski definition) is 2. The van der Waals surface area contributed by atoms with Crippen LogP contribution in [0.2, 0.25) is 19.6 Å². The number of halogens is 1. The molecule has 2 heterocycles. The molecule has 2 aromatic heterocycles. The van der Waals surface area contributed by atoms with E-state index in [1.54, 1.807) is 0 Å². The number of anilines is 1. The standard InChI is InChI=1S/C20H20FN3O2SSi/c1-28(2,3)10-9-15-11-18(21)20(23-13-15)24-27(25,26)17-12-19(22-14-17)16-7-5-4-6-8-16/h4-8,11-14,22H,1-3H3,(H,23,24). The highest BCUT2D eigenvalue weighted by Crippen LogP contribution is 2.23. The van der Waals surface area contributed by atoms with Crippen molar-refractivity contribution in [2.75, 3.05) is 4.72 Å². The molecule has 0 bridgehead atoms. The van der Waals surface area contributed by atoms with Gasteiger partial charge in [0.25, 0.3) is 10.0 Å². The van der Waals surface area contributed by atoms with Gasteiger partial charge >= 0.3 is 0 Å². The van der Waals surface area contributed by atoms with Gasteiger partial charge in [-0.05, 0) is 17.7 Å². The molecule has 3 aromatic rings. The molecule has 5 nitrogen and oxygen atoms in total. The summed E-state index contributed by atoms with van der Waals surface area (Å²) in [5, 5.41) is 0. The van der Waals surface area contributed by atoms with Gasteiger partial charge in [0.15, 0.2) is 11.6 Å². The molecular weight excluding hydrogens is 393 g/mol. The zero-order valence-electron chi connectivity index (χ0n) is 15.7. The van der Waals surface area contributed by atoms with Crippen LogP contribution in [0.3, 0.4) is 0 Å². The Labute approximate surface area is 165 Å². The smallest absolute Gasteiger partial charge is 0.264 e. The van der Waals surface area contributed by atoms with E-state index in [0.29, 0.717) is 11.3 Å². The molecule has 0 aliphatic heterocycles. The molecule has 0 unspecified atom stereocenters. The zero-order valence-corrected chi connectivity index (χ0v) is 17.6. The number of nitrogens with one attached hydrogen (secondary N) is 2. The number of hydrogen-bond acceptors (Lipinski definition) is 3. The maximum Gasteiger partial charge on any atom is 0.264 e. The largest absolute Gasteiger partial charge is 0.360 e. The molecule has 0 spiro atoms. The molecule has 0 saturated heterocycles. The Kier molecular flexibility index (Phi) is 5.40. The van der Waals surface area contributed by atoms with E-state index < -0.39 is 23.9 Å². The van der Waals surface area contributed by atoms with Crippen LogP contribution in [0.15, 0.2) is 59.8 Å². The van der Waals surface area contributed by atoms with Crippen molar-refractivity contribution in [2.24, 2.45) is 0 Å². The lowest BCUT2D eigenvalue weighted by Crippen LogP contribution is -2.16. The van der Waals surface area contributed by atoms with Crippen molar-refractivity contribution >= 4 is 23.9 Å². The van der Waals surface area contributed by atoms with E-state index in [9.17, 15) is 12.8 Å². The van der Waals surface area contributed by atoms with Gasteiger partial charge in [-0.3, -0.25) is 4.72 Å². The second-order valence-electron chi connectivity index (χ2n) is 7.28. The monoisotopic (exact) mass is 413 g/mol.